The molecule has 3 rings (SSSR count). The Morgan fingerprint density at radius 2 is 1.83 bits per heavy atom. The predicted molar refractivity (Wildman–Crippen MR) is 116 cm³/mol. The van der Waals surface area contributed by atoms with Crippen molar-refractivity contribution in [3.63, 3.8) is 0 Å². The molecule has 164 valence electrons. The minimum atomic E-state index is -3.29. The first-order chi connectivity index (χ1) is 13.8. The summed E-state index contributed by atoms with van der Waals surface area (Å²) in [5, 5.41) is 13.6. The minimum Gasteiger partial charge on any atom is -0.506 e. The van der Waals surface area contributed by atoms with Crippen molar-refractivity contribution in [2.45, 2.75) is 81.9 Å². The summed E-state index contributed by atoms with van der Waals surface area (Å²) >= 11 is 0. The molecule has 6 nitrogen and oxygen atoms in total. The molecule has 1 aromatic carbocycles. The molecule has 1 heterocycles. The first-order valence-corrected chi connectivity index (χ1v) is 12.6. The minimum absolute atomic E-state index is 0.0539. The van der Waals surface area contributed by atoms with Crippen LogP contribution in [0.2, 0.25) is 0 Å². The molecular weight excluding hydrogens is 388 g/mol. The Labute approximate surface area is 175 Å². The summed E-state index contributed by atoms with van der Waals surface area (Å²) < 4.78 is 30.1. The maximum atomic E-state index is 12.1. The van der Waals surface area contributed by atoms with Gasteiger partial charge < -0.3 is 15.2 Å². The lowest BCUT2D eigenvalue weighted by Gasteiger charge is -2.48. The smallest absolute Gasteiger partial charge is 0.178 e. The Morgan fingerprint density at radius 1 is 1.17 bits per heavy atom. The van der Waals surface area contributed by atoms with Gasteiger partial charge in [0, 0.05) is 31.3 Å². The third-order valence-corrected chi connectivity index (χ3v) is 8.47. The van der Waals surface area contributed by atoms with Crippen LogP contribution in [-0.4, -0.2) is 61.6 Å². The zero-order valence-corrected chi connectivity index (χ0v) is 18.8. The molecule has 1 aliphatic carbocycles. The number of hydrogen-bond acceptors (Lipinski definition) is 6. The highest BCUT2D eigenvalue weighted by molar-refractivity contribution is 7.91. The van der Waals surface area contributed by atoms with Crippen LogP contribution < -0.4 is 5.32 Å². The Morgan fingerprint density at radius 3 is 2.41 bits per heavy atom. The lowest BCUT2D eigenvalue weighted by Crippen LogP contribution is -2.53. The average Bonchev–Trinajstić information content (AvgIpc) is 2.72. The zero-order chi connectivity index (χ0) is 21.1. The van der Waals surface area contributed by atoms with Crippen molar-refractivity contribution >= 4 is 15.5 Å². The van der Waals surface area contributed by atoms with E-state index in [2.05, 4.69) is 24.1 Å². The third-order valence-electron chi connectivity index (χ3n) is 6.74. The van der Waals surface area contributed by atoms with E-state index in [0.29, 0.717) is 11.8 Å². The van der Waals surface area contributed by atoms with Crippen LogP contribution in [0.4, 0.5) is 5.69 Å². The number of nitrogens with zero attached hydrogens (tertiary/aromatic N) is 1. The Hall–Kier alpha value is -1.31. The first kappa shape index (κ1) is 22.4. The number of hydrogen-bond donors (Lipinski definition) is 2. The quantitative estimate of drug-likeness (QED) is 0.648. The van der Waals surface area contributed by atoms with Gasteiger partial charge >= 0.3 is 0 Å². The number of rotatable bonds is 7. The molecule has 0 radical (unpaired) electrons. The fraction of sp³-hybridized carbons (Fsp3) is 0.727. The van der Waals surface area contributed by atoms with Crippen molar-refractivity contribution in [3.05, 3.63) is 18.2 Å². The van der Waals surface area contributed by atoms with E-state index in [1.807, 2.05) is 0 Å². The molecule has 1 aromatic rings. The van der Waals surface area contributed by atoms with Crippen molar-refractivity contribution in [2.75, 3.05) is 30.8 Å². The monoisotopic (exact) mass is 424 g/mol. The van der Waals surface area contributed by atoms with Crippen molar-refractivity contribution in [3.8, 4) is 5.75 Å². The van der Waals surface area contributed by atoms with Gasteiger partial charge in [-0.2, -0.15) is 0 Å². The van der Waals surface area contributed by atoms with Crippen molar-refractivity contribution in [1.29, 1.82) is 0 Å². The molecule has 0 bridgehead atoms. The number of phenols is 1. The summed E-state index contributed by atoms with van der Waals surface area (Å²) in [4.78, 5) is 2.88. The number of nitrogens with one attached hydrogen (secondary N) is 1. The summed E-state index contributed by atoms with van der Waals surface area (Å²) in [5.74, 6) is 0.155. The number of ether oxygens (including phenoxy) is 1. The molecule has 2 N–H and O–H groups in total. The van der Waals surface area contributed by atoms with Crippen LogP contribution in [0.3, 0.4) is 0 Å². The number of anilines is 1. The average molecular weight is 425 g/mol. The molecule has 0 atom stereocenters. The van der Waals surface area contributed by atoms with E-state index in [9.17, 15) is 13.5 Å². The summed E-state index contributed by atoms with van der Waals surface area (Å²) in [6.07, 6.45) is 7.00. The van der Waals surface area contributed by atoms with Crippen molar-refractivity contribution in [2.24, 2.45) is 0 Å². The van der Waals surface area contributed by atoms with Crippen LogP contribution in [0.25, 0.3) is 0 Å². The fourth-order valence-corrected chi connectivity index (χ4v) is 5.61. The number of likely N-dealkylation sites (tertiary alicyclic amines) is 1. The van der Waals surface area contributed by atoms with Gasteiger partial charge in [-0.05, 0) is 70.6 Å². The van der Waals surface area contributed by atoms with Gasteiger partial charge in [0.05, 0.1) is 22.4 Å². The highest BCUT2D eigenvalue weighted by atomic mass is 32.2. The number of phenolic OH excluding ortho intramolecular Hbond substituents is 1. The summed E-state index contributed by atoms with van der Waals surface area (Å²) in [6, 6.07) is 4.75. The fourth-order valence-electron chi connectivity index (χ4n) is 4.71. The van der Waals surface area contributed by atoms with E-state index in [-0.39, 0.29) is 28.0 Å². The van der Waals surface area contributed by atoms with E-state index in [4.69, 9.17) is 4.74 Å². The van der Waals surface area contributed by atoms with Gasteiger partial charge in [-0.3, -0.25) is 4.90 Å². The molecule has 1 saturated heterocycles. The molecule has 1 saturated carbocycles. The van der Waals surface area contributed by atoms with Crippen LogP contribution in [0.15, 0.2) is 23.1 Å². The van der Waals surface area contributed by atoms with E-state index in [1.165, 1.54) is 25.0 Å². The molecule has 2 aliphatic rings. The number of piperidine rings is 1. The Kier molecular flexibility index (Phi) is 7.12. The molecule has 0 unspecified atom stereocenters. The van der Waals surface area contributed by atoms with E-state index in [1.54, 1.807) is 13.0 Å². The second-order valence-electron chi connectivity index (χ2n) is 8.64. The normalized spacial score (nSPS) is 27.1. The van der Waals surface area contributed by atoms with Gasteiger partial charge in [0.2, 0.25) is 0 Å². The highest BCUT2D eigenvalue weighted by Gasteiger charge is 2.38. The van der Waals surface area contributed by atoms with Crippen molar-refractivity contribution in [1.82, 2.24) is 4.90 Å². The predicted octanol–water partition coefficient (Wildman–Crippen LogP) is 3.80. The lowest BCUT2D eigenvalue weighted by atomic mass is 9.79. The van der Waals surface area contributed by atoms with Crippen LogP contribution in [0.5, 0.6) is 5.75 Å². The molecule has 0 aromatic heterocycles. The summed E-state index contributed by atoms with van der Waals surface area (Å²) in [7, 11) is -3.29. The van der Waals surface area contributed by atoms with Gasteiger partial charge in [0.1, 0.15) is 5.75 Å². The second-order valence-corrected chi connectivity index (χ2v) is 10.9. The lowest BCUT2D eigenvalue weighted by molar-refractivity contribution is -0.0242. The highest BCUT2D eigenvalue weighted by Crippen LogP contribution is 2.37. The number of sulfone groups is 1. The summed E-state index contributed by atoms with van der Waals surface area (Å²) in [5.41, 5.74) is 0.761. The van der Waals surface area contributed by atoms with Crippen LogP contribution in [0.1, 0.15) is 59.3 Å². The Bertz CT molecular complexity index is 780. The summed E-state index contributed by atoms with van der Waals surface area (Å²) in [6.45, 7) is 8.91. The maximum absolute atomic E-state index is 12.1. The molecule has 7 heteroatoms. The Balaban J connectivity index is 1.57. The van der Waals surface area contributed by atoms with E-state index in [0.717, 1.165) is 45.4 Å². The molecule has 0 spiro atoms. The maximum Gasteiger partial charge on any atom is 0.178 e. The standard InChI is InChI=1S/C22H36N2O4S/c1-4-28-18-8-12-22(3,13-9-18)24-14-10-17(11-15-24)23-20-16-19(6-7-21(20)25)29(26,27)5-2/h6-7,16-18,23,25H,4-5,8-15H2,1-3H3/t18-,22-. The van der Waals surface area contributed by atoms with Gasteiger partial charge in [-0.1, -0.05) is 6.92 Å². The largest absolute Gasteiger partial charge is 0.506 e. The van der Waals surface area contributed by atoms with E-state index >= 15 is 0 Å². The second kappa shape index (κ2) is 9.23. The molecule has 29 heavy (non-hydrogen) atoms. The van der Waals surface area contributed by atoms with Gasteiger partial charge in [-0.25, -0.2) is 8.42 Å². The molecule has 1 aliphatic heterocycles. The van der Waals surface area contributed by atoms with Gasteiger partial charge in [0.15, 0.2) is 9.84 Å². The van der Waals surface area contributed by atoms with Crippen LogP contribution in [-0.2, 0) is 14.6 Å². The third kappa shape index (κ3) is 5.25. The molecular formula is C22H36N2O4S. The topological polar surface area (TPSA) is 78.9 Å². The van der Waals surface area contributed by atoms with E-state index < -0.39 is 9.84 Å². The van der Waals surface area contributed by atoms with Crippen LogP contribution >= 0.6 is 0 Å². The van der Waals surface area contributed by atoms with Gasteiger partial charge in [-0.15, -0.1) is 0 Å². The van der Waals surface area contributed by atoms with Gasteiger partial charge in [0.25, 0.3) is 0 Å². The zero-order valence-electron chi connectivity index (χ0n) is 18.0. The number of aromatic hydroxyl groups is 1. The van der Waals surface area contributed by atoms with Crippen LogP contribution in [0, 0.1) is 0 Å². The SMILES string of the molecule is CCO[C@H]1CC[C@](C)(N2CCC(Nc3cc(S(=O)(=O)CC)ccc3O)CC2)CC1. The first-order valence-electron chi connectivity index (χ1n) is 11.0. The molecule has 0 amide bonds. The molecule has 2 fully saturated rings. The number of benzene rings is 1. The van der Waals surface area contributed by atoms with Crippen molar-refractivity contribution < 1.29 is 18.3 Å².